The lowest BCUT2D eigenvalue weighted by Gasteiger charge is -2.37. The van der Waals surface area contributed by atoms with Gasteiger partial charge in [-0.05, 0) is 56.7 Å². The van der Waals surface area contributed by atoms with E-state index in [1.807, 2.05) is 4.90 Å². The van der Waals surface area contributed by atoms with Gasteiger partial charge in [-0.15, -0.1) is 0 Å². The molecule has 1 atom stereocenters. The number of carbonyl (C=O) groups is 2. The summed E-state index contributed by atoms with van der Waals surface area (Å²) in [4.78, 5) is 26.9. The Balaban J connectivity index is 1.44. The number of anilines is 1. The monoisotopic (exact) mass is 454 g/mol. The van der Waals surface area contributed by atoms with Crippen molar-refractivity contribution < 1.29 is 22.4 Å². The van der Waals surface area contributed by atoms with Crippen LogP contribution in [0.25, 0.3) is 0 Å². The minimum absolute atomic E-state index is 0.0825. The summed E-state index contributed by atoms with van der Waals surface area (Å²) < 4.78 is 38.7. The van der Waals surface area contributed by atoms with E-state index >= 15 is 0 Å². The third kappa shape index (κ3) is 6.39. The maximum absolute atomic E-state index is 13.2. The highest BCUT2D eigenvalue weighted by atomic mass is 32.2. The number of hydrogen-bond donors (Lipinski definition) is 2. The Morgan fingerprint density at radius 3 is 2.58 bits per heavy atom. The highest BCUT2D eigenvalue weighted by Crippen LogP contribution is 2.25. The van der Waals surface area contributed by atoms with Crippen LogP contribution in [0.5, 0.6) is 0 Å². The second kappa shape index (κ2) is 10.4. The molecule has 3 rings (SSSR count). The molecular weight excluding hydrogens is 423 g/mol. The van der Waals surface area contributed by atoms with Crippen molar-refractivity contribution in [2.75, 3.05) is 43.8 Å². The Kier molecular flexibility index (Phi) is 7.88. The maximum atomic E-state index is 13.2. The standard InChI is InChI=1S/C21H31FN4O4S/c1-2-31(29,30)26-11-8-17(9-12-26)20(27)25-10-4-5-16(15-25)14-23-21(28)24-19-7-3-6-18(22)13-19/h3,6-7,13,16-17H,2,4-5,8-12,14-15H2,1H3,(H2,23,24,28). The molecule has 2 saturated heterocycles. The van der Waals surface area contributed by atoms with Gasteiger partial charge in [0.25, 0.3) is 0 Å². The van der Waals surface area contributed by atoms with Crippen molar-refractivity contribution in [3.63, 3.8) is 0 Å². The Hall–Kier alpha value is -2.20. The number of urea groups is 1. The van der Waals surface area contributed by atoms with Crippen LogP contribution < -0.4 is 10.6 Å². The molecule has 3 amide bonds. The molecule has 2 N–H and O–H groups in total. The molecule has 2 fully saturated rings. The summed E-state index contributed by atoms with van der Waals surface area (Å²) in [6.45, 7) is 4.12. The van der Waals surface area contributed by atoms with Crippen molar-refractivity contribution in [3.8, 4) is 0 Å². The van der Waals surface area contributed by atoms with Crippen molar-refractivity contribution in [2.24, 2.45) is 11.8 Å². The molecule has 0 aliphatic carbocycles. The van der Waals surface area contributed by atoms with Crippen molar-refractivity contribution in [2.45, 2.75) is 32.6 Å². The number of carbonyl (C=O) groups excluding carboxylic acids is 2. The van der Waals surface area contributed by atoms with Crippen LogP contribution in [0.2, 0.25) is 0 Å². The summed E-state index contributed by atoms with van der Waals surface area (Å²) in [7, 11) is -3.20. The number of amides is 3. The summed E-state index contributed by atoms with van der Waals surface area (Å²) in [6.07, 6.45) is 2.88. The zero-order chi connectivity index (χ0) is 22.4. The molecule has 10 heteroatoms. The van der Waals surface area contributed by atoms with Crippen molar-refractivity contribution >= 4 is 27.6 Å². The molecule has 1 aromatic rings. The van der Waals surface area contributed by atoms with Gasteiger partial charge in [0.2, 0.25) is 15.9 Å². The molecule has 2 aliphatic rings. The number of benzene rings is 1. The van der Waals surface area contributed by atoms with Gasteiger partial charge in [0, 0.05) is 44.3 Å². The number of likely N-dealkylation sites (tertiary alicyclic amines) is 1. The average molecular weight is 455 g/mol. The van der Waals surface area contributed by atoms with E-state index in [2.05, 4.69) is 10.6 Å². The number of piperidine rings is 2. The summed E-state index contributed by atoms with van der Waals surface area (Å²) in [6, 6.07) is 5.29. The smallest absolute Gasteiger partial charge is 0.319 e. The first-order chi connectivity index (χ1) is 14.8. The number of sulfonamides is 1. The van der Waals surface area contributed by atoms with Gasteiger partial charge in [0.05, 0.1) is 5.75 Å². The first-order valence-electron chi connectivity index (χ1n) is 10.9. The van der Waals surface area contributed by atoms with E-state index in [1.165, 1.54) is 22.5 Å². The fourth-order valence-corrected chi connectivity index (χ4v) is 5.36. The number of nitrogens with one attached hydrogen (secondary N) is 2. The minimum Gasteiger partial charge on any atom is -0.342 e. The summed E-state index contributed by atoms with van der Waals surface area (Å²) >= 11 is 0. The van der Waals surface area contributed by atoms with Gasteiger partial charge in [-0.25, -0.2) is 21.9 Å². The molecule has 172 valence electrons. The zero-order valence-electron chi connectivity index (χ0n) is 17.8. The van der Waals surface area contributed by atoms with E-state index in [9.17, 15) is 22.4 Å². The molecule has 2 aliphatic heterocycles. The lowest BCUT2D eigenvalue weighted by Crippen LogP contribution is -2.49. The number of rotatable bonds is 6. The lowest BCUT2D eigenvalue weighted by molar-refractivity contribution is -0.138. The number of halogens is 1. The summed E-state index contributed by atoms with van der Waals surface area (Å²) in [5, 5.41) is 5.41. The van der Waals surface area contributed by atoms with E-state index in [-0.39, 0.29) is 23.5 Å². The maximum Gasteiger partial charge on any atom is 0.319 e. The molecular formula is C21H31FN4O4S. The van der Waals surface area contributed by atoms with Crippen molar-refractivity contribution in [3.05, 3.63) is 30.1 Å². The van der Waals surface area contributed by atoms with Gasteiger partial charge in [-0.1, -0.05) is 6.07 Å². The Labute approximate surface area is 183 Å². The van der Waals surface area contributed by atoms with Crippen LogP contribution in [0.1, 0.15) is 32.6 Å². The van der Waals surface area contributed by atoms with Gasteiger partial charge < -0.3 is 15.5 Å². The van der Waals surface area contributed by atoms with E-state index in [1.54, 1.807) is 13.0 Å². The van der Waals surface area contributed by atoms with E-state index in [4.69, 9.17) is 0 Å². The van der Waals surface area contributed by atoms with Gasteiger partial charge in [0.15, 0.2) is 0 Å². The Morgan fingerprint density at radius 2 is 1.90 bits per heavy atom. The number of nitrogens with zero attached hydrogens (tertiary/aromatic N) is 2. The highest BCUT2D eigenvalue weighted by Gasteiger charge is 2.34. The van der Waals surface area contributed by atoms with Gasteiger partial charge in [-0.3, -0.25) is 4.79 Å². The van der Waals surface area contributed by atoms with Crippen LogP contribution in [-0.2, 0) is 14.8 Å². The third-order valence-corrected chi connectivity index (χ3v) is 7.91. The third-order valence-electron chi connectivity index (χ3n) is 6.03. The molecule has 0 saturated carbocycles. The first kappa shape index (κ1) is 23.5. The molecule has 0 aromatic heterocycles. The summed E-state index contributed by atoms with van der Waals surface area (Å²) in [5.74, 6) is -0.248. The van der Waals surface area contributed by atoms with E-state index in [0.29, 0.717) is 51.3 Å². The van der Waals surface area contributed by atoms with Gasteiger partial charge in [-0.2, -0.15) is 0 Å². The predicted octanol–water partition coefficient (Wildman–Crippen LogP) is 2.25. The normalized spacial score (nSPS) is 21.0. The van der Waals surface area contributed by atoms with Crippen LogP contribution in [0.3, 0.4) is 0 Å². The molecule has 1 aromatic carbocycles. The van der Waals surface area contributed by atoms with Crippen LogP contribution in [0.4, 0.5) is 14.9 Å². The topological polar surface area (TPSA) is 98.8 Å². The molecule has 8 nitrogen and oxygen atoms in total. The largest absolute Gasteiger partial charge is 0.342 e. The fraction of sp³-hybridized carbons (Fsp3) is 0.619. The lowest BCUT2D eigenvalue weighted by atomic mass is 9.93. The van der Waals surface area contributed by atoms with E-state index < -0.39 is 21.9 Å². The highest BCUT2D eigenvalue weighted by molar-refractivity contribution is 7.89. The molecule has 31 heavy (non-hydrogen) atoms. The average Bonchev–Trinajstić information content (AvgIpc) is 2.77. The second-order valence-electron chi connectivity index (χ2n) is 8.21. The summed E-state index contributed by atoms with van der Waals surface area (Å²) in [5.41, 5.74) is 0.384. The second-order valence-corrected chi connectivity index (χ2v) is 10.5. The van der Waals surface area contributed by atoms with Crippen molar-refractivity contribution in [1.82, 2.24) is 14.5 Å². The SMILES string of the molecule is CCS(=O)(=O)N1CCC(C(=O)N2CCCC(CNC(=O)Nc3cccc(F)c3)C2)CC1. The fourth-order valence-electron chi connectivity index (χ4n) is 4.23. The van der Waals surface area contributed by atoms with E-state index in [0.717, 1.165) is 12.8 Å². The van der Waals surface area contributed by atoms with Crippen LogP contribution in [0.15, 0.2) is 24.3 Å². The molecule has 0 spiro atoms. The Morgan fingerprint density at radius 1 is 1.16 bits per heavy atom. The van der Waals surface area contributed by atoms with Gasteiger partial charge in [0.1, 0.15) is 5.82 Å². The van der Waals surface area contributed by atoms with Crippen LogP contribution in [-0.4, -0.2) is 68.0 Å². The van der Waals surface area contributed by atoms with Crippen LogP contribution >= 0.6 is 0 Å². The molecule has 1 unspecified atom stereocenters. The molecule has 0 radical (unpaired) electrons. The van der Waals surface area contributed by atoms with Crippen molar-refractivity contribution in [1.29, 1.82) is 0 Å². The molecule has 2 heterocycles. The quantitative estimate of drug-likeness (QED) is 0.689. The zero-order valence-corrected chi connectivity index (χ0v) is 18.7. The first-order valence-corrected chi connectivity index (χ1v) is 12.5. The number of hydrogen-bond acceptors (Lipinski definition) is 4. The Bertz CT molecular complexity index is 887. The molecule has 0 bridgehead atoms. The van der Waals surface area contributed by atoms with Gasteiger partial charge >= 0.3 is 6.03 Å². The van der Waals surface area contributed by atoms with Crippen LogP contribution in [0, 0.1) is 17.7 Å². The minimum atomic E-state index is -3.20. The predicted molar refractivity (Wildman–Crippen MR) is 116 cm³/mol.